The lowest BCUT2D eigenvalue weighted by Gasteiger charge is -2.20. The summed E-state index contributed by atoms with van der Waals surface area (Å²) in [5.41, 5.74) is 2.22. The number of carbonyl (C=O) groups is 2. The monoisotopic (exact) mass is 358 g/mol. The van der Waals surface area contributed by atoms with E-state index in [1.807, 2.05) is 12.1 Å². The van der Waals surface area contributed by atoms with Gasteiger partial charge in [-0.1, -0.05) is 42.5 Å². The molecule has 3 aromatic carbocycles. The third-order valence-corrected chi connectivity index (χ3v) is 5.18. The molecule has 4 heteroatoms. The van der Waals surface area contributed by atoms with Gasteiger partial charge in [0.1, 0.15) is 0 Å². The molecule has 0 atom stereocenters. The average Bonchev–Trinajstić information content (AvgIpc) is 2.95. The zero-order valence-electron chi connectivity index (χ0n) is 15.4. The lowest BCUT2D eigenvalue weighted by atomic mass is 10.1. The van der Waals surface area contributed by atoms with Crippen molar-refractivity contribution in [3.63, 3.8) is 0 Å². The van der Waals surface area contributed by atoms with Gasteiger partial charge in [0.15, 0.2) is 0 Å². The van der Waals surface area contributed by atoms with Crippen LogP contribution in [-0.2, 0) is 0 Å². The normalized spacial score (nSPS) is 13.3. The highest BCUT2D eigenvalue weighted by molar-refractivity contribution is 6.21. The lowest BCUT2D eigenvalue weighted by molar-refractivity contribution is 0.0652. The molecule has 0 fully saturated rings. The summed E-state index contributed by atoms with van der Waals surface area (Å²) in [4.78, 5) is 28.3. The molecule has 2 amide bonds. The van der Waals surface area contributed by atoms with Crippen LogP contribution in [0.15, 0.2) is 66.7 Å². The summed E-state index contributed by atoms with van der Waals surface area (Å²) in [6.45, 7) is 1.35. The average molecular weight is 358 g/mol. The largest absolute Gasteiger partial charge is 0.375 e. The molecule has 0 aromatic heterocycles. The summed E-state index contributed by atoms with van der Waals surface area (Å²) in [5, 5.41) is 2.47. The van der Waals surface area contributed by atoms with Gasteiger partial charge in [-0.15, -0.1) is 0 Å². The molecule has 0 aliphatic carbocycles. The van der Waals surface area contributed by atoms with Crippen molar-refractivity contribution in [2.45, 2.75) is 12.8 Å². The minimum Gasteiger partial charge on any atom is -0.375 e. The van der Waals surface area contributed by atoms with E-state index in [0.29, 0.717) is 17.7 Å². The number of nitrogens with zero attached hydrogens (tertiary/aromatic N) is 2. The van der Waals surface area contributed by atoms with Gasteiger partial charge in [0.2, 0.25) is 0 Å². The van der Waals surface area contributed by atoms with Crippen LogP contribution in [0.25, 0.3) is 10.8 Å². The summed E-state index contributed by atoms with van der Waals surface area (Å²) < 4.78 is 0. The molecule has 0 spiro atoms. The summed E-state index contributed by atoms with van der Waals surface area (Å²) in [6.07, 6.45) is 1.71. The zero-order valence-corrected chi connectivity index (χ0v) is 15.4. The molecule has 0 N–H and O–H groups in total. The molecule has 0 saturated carbocycles. The Bertz CT molecular complexity index is 977. The number of unbranched alkanes of at least 4 members (excludes halogenated alkanes) is 1. The van der Waals surface area contributed by atoms with E-state index in [1.54, 1.807) is 24.3 Å². The molecule has 1 aliphatic rings. The van der Waals surface area contributed by atoms with Crippen LogP contribution in [0, 0.1) is 0 Å². The van der Waals surface area contributed by atoms with E-state index in [0.717, 1.165) is 19.4 Å². The molecule has 1 heterocycles. The fraction of sp³-hybridized carbons (Fsp3) is 0.217. The lowest BCUT2D eigenvalue weighted by Crippen LogP contribution is -2.31. The molecular weight excluding hydrogens is 336 g/mol. The van der Waals surface area contributed by atoms with Gasteiger partial charge in [-0.05, 0) is 47.9 Å². The molecular formula is C23H22N2O2. The Morgan fingerprint density at radius 3 is 2.11 bits per heavy atom. The summed E-state index contributed by atoms with van der Waals surface area (Å²) in [7, 11) is 2.08. The molecule has 136 valence electrons. The van der Waals surface area contributed by atoms with E-state index in [1.165, 1.54) is 21.4 Å². The molecule has 0 saturated heterocycles. The minimum absolute atomic E-state index is 0.168. The quantitative estimate of drug-likeness (QED) is 0.486. The Kier molecular flexibility index (Phi) is 4.63. The Morgan fingerprint density at radius 1 is 0.778 bits per heavy atom. The second kappa shape index (κ2) is 7.23. The van der Waals surface area contributed by atoms with Crippen molar-refractivity contribution >= 4 is 28.3 Å². The molecule has 1 aliphatic heterocycles. The van der Waals surface area contributed by atoms with Gasteiger partial charge >= 0.3 is 0 Å². The molecule has 0 bridgehead atoms. The van der Waals surface area contributed by atoms with E-state index in [-0.39, 0.29) is 11.8 Å². The third kappa shape index (κ3) is 3.31. The van der Waals surface area contributed by atoms with Crippen molar-refractivity contribution in [1.82, 2.24) is 4.90 Å². The Balaban J connectivity index is 1.32. The van der Waals surface area contributed by atoms with Crippen LogP contribution >= 0.6 is 0 Å². The molecule has 0 unspecified atom stereocenters. The van der Waals surface area contributed by atoms with Gasteiger partial charge in [0.25, 0.3) is 11.8 Å². The molecule has 3 aromatic rings. The number of imide groups is 1. The SMILES string of the molecule is CN(CCCCN1C(=O)c2ccccc2C1=O)c1ccc2ccccc2c1. The molecule has 4 nitrogen and oxygen atoms in total. The van der Waals surface area contributed by atoms with Gasteiger partial charge in [-0.3, -0.25) is 14.5 Å². The molecule has 4 rings (SSSR count). The van der Waals surface area contributed by atoms with Crippen LogP contribution in [0.2, 0.25) is 0 Å². The second-order valence-corrected chi connectivity index (χ2v) is 6.97. The molecule has 0 radical (unpaired) electrons. The highest BCUT2D eigenvalue weighted by Crippen LogP contribution is 2.24. The van der Waals surface area contributed by atoms with E-state index >= 15 is 0 Å². The fourth-order valence-corrected chi connectivity index (χ4v) is 3.60. The van der Waals surface area contributed by atoms with Crippen LogP contribution in [0.5, 0.6) is 0 Å². The van der Waals surface area contributed by atoms with Crippen molar-refractivity contribution in [2.75, 3.05) is 25.0 Å². The number of hydrogen-bond acceptors (Lipinski definition) is 3. The second-order valence-electron chi connectivity index (χ2n) is 6.97. The number of amides is 2. The van der Waals surface area contributed by atoms with Gasteiger partial charge in [0, 0.05) is 25.8 Å². The fourth-order valence-electron chi connectivity index (χ4n) is 3.60. The maximum absolute atomic E-state index is 12.4. The Labute approximate surface area is 159 Å². The highest BCUT2D eigenvalue weighted by Gasteiger charge is 2.34. The van der Waals surface area contributed by atoms with Crippen LogP contribution in [0.1, 0.15) is 33.6 Å². The number of carbonyl (C=O) groups excluding carboxylic acids is 2. The van der Waals surface area contributed by atoms with E-state index in [9.17, 15) is 9.59 Å². The summed E-state index contributed by atoms with van der Waals surface area (Å²) in [5.74, 6) is -0.336. The minimum atomic E-state index is -0.168. The number of hydrogen-bond donors (Lipinski definition) is 0. The van der Waals surface area contributed by atoms with Crippen molar-refractivity contribution in [2.24, 2.45) is 0 Å². The van der Waals surface area contributed by atoms with Gasteiger partial charge in [-0.2, -0.15) is 0 Å². The first kappa shape index (κ1) is 17.3. The first-order valence-corrected chi connectivity index (χ1v) is 9.30. The van der Waals surface area contributed by atoms with Gasteiger partial charge < -0.3 is 4.90 Å². The van der Waals surface area contributed by atoms with E-state index < -0.39 is 0 Å². The summed E-state index contributed by atoms with van der Waals surface area (Å²) in [6, 6.07) is 21.8. The number of anilines is 1. The summed E-state index contributed by atoms with van der Waals surface area (Å²) >= 11 is 0. The smallest absolute Gasteiger partial charge is 0.261 e. The maximum Gasteiger partial charge on any atom is 0.261 e. The van der Waals surface area contributed by atoms with E-state index in [2.05, 4.69) is 42.3 Å². The van der Waals surface area contributed by atoms with Gasteiger partial charge in [0.05, 0.1) is 11.1 Å². The van der Waals surface area contributed by atoms with Crippen molar-refractivity contribution in [1.29, 1.82) is 0 Å². The molecule has 27 heavy (non-hydrogen) atoms. The van der Waals surface area contributed by atoms with Crippen LogP contribution in [0.3, 0.4) is 0 Å². The first-order chi connectivity index (χ1) is 13.1. The van der Waals surface area contributed by atoms with E-state index in [4.69, 9.17) is 0 Å². The predicted molar refractivity (Wildman–Crippen MR) is 108 cm³/mol. The van der Waals surface area contributed by atoms with Crippen molar-refractivity contribution in [3.8, 4) is 0 Å². The van der Waals surface area contributed by atoms with Crippen LogP contribution < -0.4 is 4.90 Å². The zero-order chi connectivity index (χ0) is 18.8. The van der Waals surface area contributed by atoms with Crippen LogP contribution in [-0.4, -0.2) is 36.9 Å². The van der Waals surface area contributed by atoms with Crippen molar-refractivity contribution in [3.05, 3.63) is 77.9 Å². The first-order valence-electron chi connectivity index (χ1n) is 9.30. The Morgan fingerprint density at radius 2 is 1.41 bits per heavy atom. The Hall–Kier alpha value is -3.14. The third-order valence-electron chi connectivity index (χ3n) is 5.18. The highest BCUT2D eigenvalue weighted by atomic mass is 16.2. The van der Waals surface area contributed by atoms with Crippen molar-refractivity contribution < 1.29 is 9.59 Å². The number of fused-ring (bicyclic) bond motifs is 2. The van der Waals surface area contributed by atoms with Crippen LogP contribution in [0.4, 0.5) is 5.69 Å². The number of benzene rings is 3. The predicted octanol–water partition coefficient (Wildman–Crippen LogP) is 4.35. The standard InChI is InChI=1S/C23H22N2O2/c1-24(19-13-12-17-8-2-3-9-18(17)16-19)14-6-7-15-25-22(26)20-10-4-5-11-21(20)23(25)27/h2-5,8-13,16H,6-7,14-15H2,1H3. The van der Waals surface area contributed by atoms with Gasteiger partial charge in [-0.25, -0.2) is 0 Å². The number of rotatable bonds is 6. The topological polar surface area (TPSA) is 40.6 Å². The maximum atomic E-state index is 12.4.